The van der Waals surface area contributed by atoms with E-state index < -0.39 is 0 Å². The monoisotopic (exact) mass is 317 g/mol. The van der Waals surface area contributed by atoms with Crippen molar-refractivity contribution in [1.29, 1.82) is 0 Å². The SMILES string of the molecule is Bc1cccc(N2N=NC3C=NC(Nc4cccc(N)c4)=NC32)c1. The second kappa shape index (κ2) is 5.80. The molecule has 0 spiro atoms. The Morgan fingerprint density at radius 1 is 1.12 bits per heavy atom. The molecule has 2 aliphatic rings. The summed E-state index contributed by atoms with van der Waals surface area (Å²) < 4.78 is 0. The summed E-state index contributed by atoms with van der Waals surface area (Å²) in [5, 5.41) is 13.5. The van der Waals surface area contributed by atoms with Gasteiger partial charge in [-0.3, -0.25) is 0 Å². The van der Waals surface area contributed by atoms with Crippen LogP contribution in [0.25, 0.3) is 0 Å². The van der Waals surface area contributed by atoms with Gasteiger partial charge in [-0.2, -0.15) is 5.11 Å². The number of nitrogen functional groups attached to an aromatic ring is 1. The molecule has 8 heteroatoms. The maximum Gasteiger partial charge on any atom is 0.224 e. The van der Waals surface area contributed by atoms with Crippen molar-refractivity contribution < 1.29 is 0 Å². The number of benzene rings is 2. The lowest BCUT2D eigenvalue weighted by Gasteiger charge is -2.24. The third-order valence-electron chi connectivity index (χ3n) is 3.85. The molecule has 0 radical (unpaired) electrons. The molecule has 2 unspecified atom stereocenters. The summed E-state index contributed by atoms with van der Waals surface area (Å²) in [6.45, 7) is 0. The number of anilines is 3. The Labute approximate surface area is 140 Å². The van der Waals surface area contributed by atoms with Gasteiger partial charge in [0.25, 0.3) is 0 Å². The highest BCUT2D eigenvalue weighted by Crippen LogP contribution is 2.27. The van der Waals surface area contributed by atoms with Crippen LogP contribution in [0.2, 0.25) is 0 Å². The first kappa shape index (κ1) is 14.4. The molecule has 0 saturated heterocycles. The molecule has 2 atom stereocenters. The van der Waals surface area contributed by atoms with E-state index in [1.807, 2.05) is 55.3 Å². The molecular weight excluding hydrogens is 301 g/mol. The molecule has 2 aliphatic heterocycles. The molecule has 0 aromatic heterocycles. The second-order valence-corrected chi connectivity index (χ2v) is 5.77. The van der Waals surface area contributed by atoms with E-state index in [4.69, 9.17) is 5.73 Å². The van der Waals surface area contributed by atoms with Crippen molar-refractivity contribution in [3.8, 4) is 0 Å². The third kappa shape index (κ3) is 2.73. The van der Waals surface area contributed by atoms with Crippen molar-refractivity contribution in [3.05, 3.63) is 48.5 Å². The van der Waals surface area contributed by atoms with Crippen LogP contribution in [-0.2, 0) is 0 Å². The van der Waals surface area contributed by atoms with Gasteiger partial charge in [0.05, 0.1) is 5.69 Å². The zero-order chi connectivity index (χ0) is 16.5. The van der Waals surface area contributed by atoms with Crippen LogP contribution in [0.15, 0.2) is 68.9 Å². The van der Waals surface area contributed by atoms with E-state index >= 15 is 0 Å². The molecule has 0 saturated carbocycles. The van der Waals surface area contributed by atoms with Crippen molar-refractivity contribution in [2.75, 3.05) is 16.1 Å². The molecule has 2 heterocycles. The van der Waals surface area contributed by atoms with Gasteiger partial charge in [-0.25, -0.2) is 15.0 Å². The quantitative estimate of drug-likeness (QED) is 0.638. The van der Waals surface area contributed by atoms with Crippen molar-refractivity contribution in [2.45, 2.75) is 12.2 Å². The summed E-state index contributed by atoms with van der Waals surface area (Å²) >= 11 is 0. The van der Waals surface area contributed by atoms with Crippen LogP contribution in [-0.4, -0.2) is 32.2 Å². The van der Waals surface area contributed by atoms with Gasteiger partial charge in [-0.05, 0) is 30.3 Å². The Balaban J connectivity index is 1.59. The molecule has 0 aliphatic carbocycles. The summed E-state index contributed by atoms with van der Waals surface area (Å²) in [5.74, 6) is 0.520. The molecule has 2 aromatic carbocycles. The summed E-state index contributed by atoms with van der Waals surface area (Å²) in [7, 11) is 2.05. The van der Waals surface area contributed by atoms with Crippen LogP contribution in [0.3, 0.4) is 0 Å². The minimum Gasteiger partial charge on any atom is -0.399 e. The Kier molecular flexibility index (Phi) is 3.49. The fraction of sp³-hybridized carbons (Fsp3) is 0.125. The van der Waals surface area contributed by atoms with Crippen molar-refractivity contribution >= 4 is 42.5 Å². The lowest BCUT2D eigenvalue weighted by Crippen LogP contribution is -2.38. The maximum atomic E-state index is 5.80. The van der Waals surface area contributed by atoms with E-state index in [0.717, 1.165) is 16.8 Å². The molecular formula is C16H16BN7. The highest BCUT2D eigenvalue weighted by molar-refractivity contribution is 6.32. The third-order valence-corrected chi connectivity index (χ3v) is 3.85. The number of guanidine groups is 1. The van der Waals surface area contributed by atoms with Crippen molar-refractivity contribution in [3.63, 3.8) is 0 Å². The first-order valence-corrected chi connectivity index (χ1v) is 7.70. The van der Waals surface area contributed by atoms with Gasteiger partial charge in [-0.1, -0.05) is 28.9 Å². The Hall–Kier alpha value is -3.16. The molecule has 3 N–H and O–H groups in total. The summed E-state index contributed by atoms with van der Waals surface area (Å²) in [6.07, 6.45) is 1.54. The number of nitrogens with one attached hydrogen (secondary N) is 1. The first-order chi connectivity index (χ1) is 11.7. The molecule has 0 bridgehead atoms. The second-order valence-electron chi connectivity index (χ2n) is 5.77. The van der Waals surface area contributed by atoms with E-state index in [9.17, 15) is 0 Å². The van der Waals surface area contributed by atoms with E-state index in [1.54, 1.807) is 6.21 Å². The van der Waals surface area contributed by atoms with Crippen molar-refractivity contribution in [1.82, 2.24) is 0 Å². The summed E-state index contributed by atoms with van der Waals surface area (Å²) in [4.78, 5) is 9.00. The largest absolute Gasteiger partial charge is 0.399 e. The number of rotatable bonds is 2. The van der Waals surface area contributed by atoms with Gasteiger partial charge in [0.1, 0.15) is 7.85 Å². The van der Waals surface area contributed by atoms with Crippen LogP contribution >= 0.6 is 0 Å². The van der Waals surface area contributed by atoms with E-state index in [1.165, 1.54) is 0 Å². The molecule has 118 valence electrons. The zero-order valence-corrected chi connectivity index (χ0v) is 13.2. The normalized spacial score (nSPS) is 21.5. The predicted molar refractivity (Wildman–Crippen MR) is 99.9 cm³/mol. The molecule has 0 amide bonds. The molecule has 7 nitrogen and oxygen atoms in total. The smallest absolute Gasteiger partial charge is 0.224 e. The highest BCUT2D eigenvalue weighted by Gasteiger charge is 2.35. The number of hydrogen-bond acceptors (Lipinski definition) is 7. The number of fused-ring (bicyclic) bond motifs is 1. The fourth-order valence-electron chi connectivity index (χ4n) is 2.70. The zero-order valence-electron chi connectivity index (χ0n) is 13.2. The average molecular weight is 317 g/mol. The first-order valence-electron chi connectivity index (χ1n) is 7.70. The predicted octanol–water partition coefficient (Wildman–Crippen LogP) is 0.962. The topological polar surface area (TPSA) is 90.7 Å². The average Bonchev–Trinajstić information content (AvgIpc) is 2.98. The van der Waals surface area contributed by atoms with E-state index in [2.05, 4.69) is 31.7 Å². The summed E-state index contributed by atoms with van der Waals surface area (Å²) in [6, 6.07) is 15.4. The molecule has 24 heavy (non-hydrogen) atoms. The standard InChI is InChI=1S/C16H16BN7/c17-10-3-1-6-13(7-10)24-15-14(22-23-24)9-19-16(21-15)20-12-5-2-4-11(18)8-12/h1-9,14-15H,17-18H2,(H,20,21). The number of hydrogen-bond donors (Lipinski definition) is 2. The van der Waals surface area contributed by atoms with Gasteiger partial charge >= 0.3 is 0 Å². The number of nitrogens with zero attached hydrogens (tertiary/aromatic N) is 5. The molecule has 0 fully saturated rings. The maximum absolute atomic E-state index is 5.80. The minimum absolute atomic E-state index is 0.170. The summed E-state index contributed by atoms with van der Waals surface area (Å²) in [5.41, 5.74) is 9.47. The van der Waals surface area contributed by atoms with Gasteiger partial charge in [0.2, 0.25) is 5.96 Å². The molecule has 4 rings (SSSR count). The van der Waals surface area contributed by atoms with Gasteiger partial charge < -0.3 is 11.1 Å². The van der Waals surface area contributed by atoms with E-state index in [-0.39, 0.29) is 12.2 Å². The highest BCUT2D eigenvalue weighted by atomic mass is 15.6. The Bertz CT molecular complexity index is 861. The van der Waals surface area contributed by atoms with Crippen LogP contribution in [0.5, 0.6) is 0 Å². The molecule has 2 aromatic rings. The fourth-order valence-corrected chi connectivity index (χ4v) is 2.70. The van der Waals surface area contributed by atoms with Crippen LogP contribution < -0.4 is 21.5 Å². The Morgan fingerprint density at radius 3 is 2.83 bits per heavy atom. The van der Waals surface area contributed by atoms with E-state index in [0.29, 0.717) is 11.6 Å². The van der Waals surface area contributed by atoms with Crippen LogP contribution in [0.1, 0.15) is 0 Å². The number of nitrogens with two attached hydrogens (primary N) is 1. The number of aliphatic imine (C=N–C) groups is 2. The van der Waals surface area contributed by atoms with Crippen molar-refractivity contribution in [2.24, 2.45) is 20.3 Å². The van der Waals surface area contributed by atoms with Crippen LogP contribution in [0.4, 0.5) is 17.1 Å². The lowest BCUT2D eigenvalue weighted by molar-refractivity contribution is 0.667. The van der Waals surface area contributed by atoms with Gasteiger partial charge in [0, 0.05) is 17.6 Å². The van der Waals surface area contributed by atoms with Gasteiger partial charge in [-0.15, -0.1) is 0 Å². The minimum atomic E-state index is -0.229. The van der Waals surface area contributed by atoms with Gasteiger partial charge in [0.15, 0.2) is 12.2 Å². The van der Waals surface area contributed by atoms with Crippen LogP contribution in [0, 0.1) is 0 Å². The Morgan fingerprint density at radius 2 is 2.00 bits per heavy atom. The lowest BCUT2D eigenvalue weighted by atomic mass is 9.96.